The maximum atomic E-state index is 5.81. The lowest BCUT2D eigenvalue weighted by Gasteiger charge is -2.15. The van der Waals surface area contributed by atoms with Crippen LogP contribution >= 0.6 is 11.8 Å². The maximum Gasteiger partial charge on any atom is 0.137 e. The van der Waals surface area contributed by atoms with Crippen molar-refractivity contribution in [1.29, 1.82) is 0 Å². The van der Waals surface area contributed by atoms with Crippen LogP contribution in [0.4, 0.5) is 0 Å². The van der Waals surface area contributed by atoms with Gasteiger partial charge in [0.25, 0.3) is 0 Å². The van der Waals surface area contributed by atoms with Gasteiger partial charge in [-0.15, -0.1) is 11.8 Å². The molecule has 132 valence electrons. The zero-order valence-electron chi connectivity index (χ0n) is 14.6. The number of fused-ring (bicyclic) bond motifs is 1. The van der Waals surface area contributed by atoms with Crippen LogP contribution in [0.5, 0.6) is 0 Å². The molecular weight excluding hydrogens is 334 g/mol. The first kappa shape index (κ1) is 17.9. The quantitative estimate of drug-likeness (QED) is 0.548. The summed E-state index contributed by atoms with van der Waals surface area (Å²) < 4.78 is 13.3. The second-order valence-electron chi connectivity index (χ2n) is 5.79. The predicted octanol–water partition coefficient (Wildman–Crippen LogP) is 3.62. The van der Waals surface area contributed by atoms with Gasteiger partial charge >= 0.3 is 0 Å². The van der Waals surface area contributed by atoms with Crippen molar-refractivity contribution in [3.8, 4) is 0 Å². The summed E-state index contributed by atoms with van der Waals surface area (Å²) in [6, 6.07) is 14.4. The van der Waals surface area contributed by atoms with Crippen LogP contribution in [0.25, 0.3) is 5.52 Å². The molecule has 0 spiro atoms. The van der Waals surface area contributed by atoms with Crippen molar-refractivity contribution in [3.05, 3.63) is 60.0 Å². The summed E-state index contributed by atoms with van der Waals surface area (Å²) in [4.78, 5) is 4.31. The van der Waals surface area contributed by atoms with E-state index in [1.807, 2.05) is 29.0 Å². The van der Waals surface area contributed by atoms with Crippen molar-refractivity contribution >= 4 is 17.3 Å². The highest BCUT2D eigenvalue weighted by Crippen LogP contribution is 2.20. The van der Waals surface area contributed by atoms with Gasteiger partial charge in [-0.2, -0.15) is 5.10 Å². The minimum absolute atomic E-state index is 0.0659. The van der Waals surface area contributed by atoms with Crippen LogP contribution in [0.15, 0.2) is 53.8 Å². The molecule has 1 aromatic carbocycles. The second-order valence-corrected chi connectivity index (χ2v) is 6.58. The van der Waals surface area contributed by atoms with Gasteiger partial charge in [0.05, 0.1) is 24.8 Å². The third kappa shape index (κ3) is 4.60. The summed E-state index contributed by atoms with van der Waals surface area (Å²) in [5.74, 6) is 0. The number of aryl methyl sites for hydroxylation is 1. The number of hydrogen-bond acceptors (Lipinski definition) is 5. The molecule has 3 rings (SSSR count). The SMILES string of the molecule is COC(CCc1ccc2c(SC)ncnn12)COCc1ccccc1. The zero-order chi connectivity index (χ0) is 17.5. The smallest absolute Gasteiger partial charge is 0.137 e. The molecule has 2 aromatic heterocycles. The highest BCUT2D eigenvalue weighted by Gasteiger charge is 2.12. The van der Waals surface area contributed by atoms with Crippen LogP contribution < -0.4 is 0 Å². The molecule has 1 unspecified atom stereocenters. The van der Waals surface area contributed by atoms with E-state index < -0.39 is 0 Å². The first-order valence-corrected chi connectivity index (χ1v) is 9.54. The molecule has 25 heavy (non-hydrogen) atoms. The van der Waals surface area contributed by atoms with Crippen LogP contribution in [0.3, 0.4) is 0 Å². The van der Waals surface area contributed by atoms with Gasteiger partial charge in [0.1, 0.15) is 11.4 Å². The number of ether oxygens (including phenoxy) is 2. The van der Waals surface area contributed by atoms with Gasteiger partial charge in [-0.3, -0.25) is 0 Å². The average Bonchev–Trinajstić information content (AvgIpc) is 3.08. The molecule has 6 heteroatoms. The molecule has 2 heterocycles. The van der Waals surface area contributed by atoms with Gasteiger partial charge < -0.3 is 9.47 Å². The van der Waals surface area contributed by atoms with Crippen molar-refractivity contribution in [2.45, 2.75) is 30.6 Å². The lowest BCUT2D eigenvalue weighted by Crippen LogP contribution is -2.19. The molecule has 0 aliphatic heterocycles. The third-order valence-electron chi connectivity index (χ3n) is 4.16. The summed E-state index contributed by atoms with van der Waals surface area (Å²) in [6.45, 7) is 1.19. The number of thioether (sulfide) groups is 1. The second kappa shape index (κ2) is 8.99. The standard InChI is InChI=1S/C19H23N3O2S/c1-23-17(13-24-12-15-6-4-3-5-7-15)10-8-16-9-11-18-19(25-2)20-14-21-22(16)18/h3-7,9,11,14,17H,8,10,12-13H2,1-2H3. The molecular formula is C19H23N3O2S. The first-order chi connectivity index (χ1) is 12.3. The van der Waals surface area contributed by atoms with E-state index in [0.717, 1.165) is 29.1 Å². The van der Waals surface area contributed by atoms with Crippen LogP contribution in [0, 0.1) is 0 Å². The van der Waals surface area contributed by atoms with E-state index in [0.29, 0.717) is 13.2 Å². The molecule has 0 saturated heterocycles. The molecule has 0 amide bonds. The number of aromatic nitrogens is 3. The van der Waals surface area contributed by atoms with Gasteiger partial charge in [-0.1, -0.05) is 30.3 Å². The molecule has 1 atom stereocenters. The monoisotopic (exact) mass is 357 g/mol. The van der Waals surface area contributed by atoms with Crippen LogP contribution in [-0.4, -0.2) is 40.7 Å². The Hall–Kier alpha value is -1.89. The topological polar surface area (TPSA) is 48.7 Å². The largest absolute Gasteiger partial charge is 0.379 e. The molecule has 0 radical (unpaired) electrons. The average molecular weight is 357 g/mol. The molecule has 0 N–H and O–H groups in total. The van der Waals surface area contributed by atoms with Gasteiger partial charge in [0.15, 0.2) is 0 Å². The molecule has 0 saturated carbocycles. The fourth-order valence-electron chi connectivity index (χ4n) is 2.77. The van der Waals surface area contributed by atoms with Gasteiger partial charge in [-0.05, 0) is 36.8 Å². The summed E-state index contributed by atoms with van der Waals surface area (Å²) in [5, 5.41) is 5.37. The molecule has 3 aromatic rings. The Bertz CT molecular complexity index is 792. The number of benzene rings is 1. The Morgan fingerprint density at radius 2 is 2.00 bits per heavy atom. The summed E-state index contributed by atoms with van der Waals surface area (Å²) >= 11 is 1.63. The summed E-state index contributed by atoms with van der Waals surface area (Å²) in [7, 11) is 1.74. The van der Waals surface area contributed by atoms with Crippen molar-refractivity contribution in [2.75, 3.05) is 20.0 Å². The third-order valence-corrected chi connectivity index (χ3v) is 4.86. The Labute approximate surface area is 152 Å². The summed E-state index contributed by atoms with van der Waals surface area (Å²) in [5.41, 5.74) is 3.40. The van der Waals surface area contributed by atoms with E-state index >= 15 is 0 Å². The molecule has 0 aliphatic rings. The van der Waals surface area contributed by atoms with Crippen molar-refractivity contribution in [2.24, 2.45) is 0 Å². The van der Waals surface area contributed by atoms with Crippen molar-refractivity contribution < 1.29 is 9.47 Å². The number of rotatable bonds is 9. The molecule has 0 bridgehead atoms. The lowest BCUT2D eigenvalue weighted by atomic mass is 10.1. The summed E-state index contributed by atoms with van der Waals surface area (Å²) in [6.07, 6.45) is 5.47. The first-order valence-electron chi connectivity index (χ1n) is 8.32. The van der Waals surface area contributed by atoms with Crippen LogP contribution in [0.2, 0.25) is 0 Å². The highest BCUT2D eigenvalue weighted by atomic mass is 32.2. The van der Waals surface area contributed by atoms with E-state index in [-0.39, 0.29) is 6.10 Å². The minimum Gasteiger partial charge on any atom is -0.379 e. The van der Waals surface area contributed by atoms with E-state index in [1.165, 1.54) is 5.56 Å². The normalized spacial score (nSPS) is 12.6. The number of nitrogens with zero attached hydrogens (tertiary/aromatic N) is 3. The Morgan fingerprint density at radius 1 is 1.16 bits per heavy atom. The Kier molecular flexibility index (Phi) is 6.44. The van der Waals surface area contributed by atoms with Gasteiger partial charge in [0, 0.05) is 12.8 Å². The van der Waals surface area contributed by atoms with E-state index in [4.69, 9.17) is 9.47 Å². The highest BCUT2D eigenvalue weighted by molar-refractivity contribution is 7.98. The predicted molar refractivity (Wildman–Crippen MR) is 100.0 cm³/mol. The van der Waals surface area contributed by atoms with Crippen molar-refractivity contribution in [1.82, 2.24) is 14.6 Å². The van der Waals surface area contributed by atoms with Gasteiger partial charge in [-0.25, -0.2) is 9.50 Å². The van der Waals surface area contributed by atoms with E-state index in [9.17, 15) is 0 Å². The Balaban J connectivity index is 1.54. The van der Waals surface area contributed by atoms with E-state index in [1.54, 1.807) is 25.2 Å². The fourth-order valence-corrected chi connectivity index (χ4v) is 3.29. The van der Waals surface area contributed by atoms with E-state index in [2.05, 4.69) is 34.3 Å². The fraction of sp³-hybridized carbons (Fsp3) is 0.368. The Morgan fingerprint density at radius 3 is 2.76 bits per heavy atom. The zero-order valence-corrected chi connectivity index (χ0v) is 15.4. The maximum absolute atomic E-state index is 5.81. The van der Waals surface area contributed by atoms with Crippen LogP contribution in [-0.2, 0) is 22.5 Å². The van der Waals surface area contributed by atoms with Crippen molar-refractivity contribution in [3.63, 3.8) is 0 Å². The molecule has 0 aliphatic carbocycles. The molecule has 0 fully saturated rings. The number of methoxy groups -OCH3 is 1. The minimum atomic E-state index is 0.0659. The van der Waals surface area contributed by atoms with Gasteiger partial charge in [0.2, 0.25) is 0 Å². The molecule has 5 nitrogen and oxygen atoms in total. The lowest BCUT2D eigenvalue weighted by molar-refractivity contribution is -0.00181. The number of hydrogen-bond donors (Lipinski definition) is 0. The van der Waals surface area contributed by atoms with Crippen LogP contribution in [0.1, 0.15) is 17.7 Å².